The maximum Gasteiger partial charge on any atom is 0.328 e. The summed E-state index contributed by atoms with van der Waals surface area (Å²) in [4.78, 5) is 45.8. The fourth-order valence-electron chi connectivity index (χ4n) is 3.10. The molecule has 0 heterocycles. The van der Waals surface area contributed by atoms with Crippen LogP contribution in [0, 0.1) is 0 Å². The fourth-order valence-corrected chi connectivity index (χ4v) is 3.10. The smallest absolute Gasteiger partial charge is 0.328 e. The van der Waals surface area contributed by atoms with Crippen LogP contribution >= 0.6 is 0 Å². The molecular weight excluding hydrogens is 468 g/mol. The van der Waals surface area contributed by atoms with E-state index in [0.29, 0.717) is 12.8 Å². The van der Waals surface area contributed by atoms with Crippen molar-refractivity contribution in [3.8, 4) is 11.5 Å². The molecule has 0 radical (unpaired) electrons. The Bertz CT molecular complexity index is 943. The van der Waals surface area contributed by atoms with E-state index < -0.39 is 24.0 Å². The molecule has 10 heteroatoms. The van der Waals surface area contributed by atoms with Crippen LogP contribution in [-0.4, -0.2) is 60.3 Å². The van der Waals surface area contributed by atoms with Crippen molar-refractivity contribution < 1.29 is 38.9 Å². The average molecular weight is 503 g/mol. The highest BCUT2D eigenvalue weighted by atomic mass is 16.5. The summed E-state index contributed by atoms with van der Waals surface area (Å²) in [5.74, 6) is -1.19. The summed E-state index contributed by atoms with van der Waals surface area (Å²) < 4.78 is 9.29. The lowest BCUT2D eigenvalue weighted by Gasteiger charge is -2.16. The van der Waals surface area contributed by atoms with Crippen molar-refractivity contribution in [1.29, 1.82) is 0 Å². The second-order valence-corrected chi connectivity index (χ2v) is 7.74. The largest absolute Gasteiger partial charge is 0.508 e. The van der Waals surface area contributed by atoms with Crippen molar-refractivity contribution in [2.75, 3.05) is 14.2 Å². The maximum atomic E-state index is 11.6. The van der Waals surface area contributed by atoms with Crippen LogP contribution in [-0.2, 0) is 41.5 Å². The minimum Gasteiger partial charge on any atom is -0.508 e. The topological polar surface area (TPSA) is 151 Å². The Kier molecular flexibility index (Phi) is 13.1. The number of carbonyl (C=O) groups excluding carboxylic acids is 4. The van der Waals surface area contributed by atoms with Crippen LogP contribution in [0.1, 0.15) is 37.8 Å². The van der Waals surface area contributed by atoms with Gasteiger partial charge in [-0.25, -0.2) is 9.59 Å². The first-order valence-corrected chi connectivity index (χ1v) is 11.4. The van der Waals surface area contributed by atoms with Gasteiger partial charge in [0.15, 0.2) is 0 Å². The number of phenols is 2. The Morgan fingerprint density at radius 3 is 1.36 bits per heavy atom. The zero-order valence-corrected chi connectivity index (χ0v) is 20.9. The van der Waals surface area contributed by atoms with Gasteiger partial charge in [0, 0.05) is 25.7 Å². The van der Waals surface area contributed by atoms with Crippen molar-refractivity contribution >= 4 is 23.8 Å². The minimum absolute atomic E-state index is 0.123. The van der Waals surface area contributed by atoms with E-state index in [1.807, 2.05) is 0 Å². The first-order valence-electron chi connectivity index (χ1n) is 11.4. The minimum atomic E-state index is -0.732. The lowest BCUT2D eigenvalue weighted by molar-refractivity contribution is -0.145. The van der Waals surface area contributed by atoms with Crippen LogP contribution in [0.5, 0.6) is 11.5 Å². The highest BCUT2D eigenvalue weighted by molar-refractivity contribution is 5.85. The monoisotopic (exact) mass is 502 g/mol. The van der Waals surface area contributed by atoms with Crippen molar-refractivity contribution in [3.05, 3.63) is 59.7 Å². The molecule has 196 valence electrons. The van der Waals surface area contributed by atoms with E-state index >= 15 is 0 Å². The van der Waals surface area contributed by atoms with E-state index in [0.717, 1.165) is 11.1 Å². The van der Waals surface area contributed by atoms with Gasteiger partial charge in [0.1, 0.15) is 23.6 Å². The molecule has 0 fully saturated rings. The summed E-state index contributed by atoms with van der Waals surface area (Å²) in [5, 5.41) is 23.9. The summed E-state index contributed by atoms with van der Waals surface area (Å²) in [6, 6.07) is 11.6. The molecule has 0 aliphatic carbocycles. The number of nitrogens with one attached hydrogen (secondary N) is 2. The van der Waals surface area contributed by atoms with Crippen LogP contribution in [0.25, 0.3) is 0 Å². The van der Waals surface area contributed by atoms with Gasteiger partial charge in [-0.3, -0.25) is 9.59 Å². The van der Waals surface area contributed by atoms with E-state index in [1.165, 1.54) is 14.2 Å². The molecule has 2 aromatic carbocycles. The van der Waals surface area contributed by atoms with Gasteiger partial charge < -0.3 is 30.3 Å². The molecule has 2 amide bonds. The Morgan fingerprint density at radius 2 is 1.08 bits per heavy atom. The van der Waals surface area contributed by atoms with E-state index in [4.69, 9.17) is 0 Å². The number of aromatic hydroxyl groups is 2. The standard InChI is InChI=1S/2C13H17NO4/c2*1-3-12(16)14-11(13(17)18-2)8-9-5-4-6-10(15)7-9/h2*4-7,11,15H,3,8H2,1-2H3,(H,14,16). The lowest BCUT2D eigenvalue weighted by atomic mass is 10.1. The van der Waals surface area contributed by atoms with Crippen LogP contribution in [0.2, 0.25) is 0 Å². The highest BCUT2D eigenvalue weighted by Gasteiger charge is 2.22. The molecule has 0 aliphatic rings. The molecule has 2 unspecified atom stereocenters. The zero-order valence-electron chi connectivity index (χ0n) is 20.9. The molecule has 0 spiro atoms. The molecule has 2 aromatic rings. The summed E-state index contributed by atoms with van der Waals surface area (Å²) in [6.45, 7) is 3.41. The van der Waals surface area contributed by atoms with Gasteiger partial charge in [0.25, 0.3) is 0 Å². The fraction of sp³-hybridized carbons (Fsp3) is 0.385. The maximum absolute atomic E-state index is 11.6. The zero-order chi connectivity index (χ0) is 27.1. The summed E-state index contributed by atoms with van der Waals surface area (Å²) in [7, 11) is 2.55. The van der Waals surface area contributed by atoms with Gasteiger partial charge in [0.05, 0.1) is 14.2 Å². The SMILES string of the molecule is CCC(=O)NC(Cc1cccc(O)c1)C(=O)OC.CCC(=O)NC(Cc1cccc(O)c1)C(=O)OC. The number of carbonyl (C=O) groups is 4. The third kappa shape index (κ3) is 10.9. The summed E-state index contributed by atoms with van der Waals surface area (Å²) in [6.07, 6.45) is 1.17. The highest BCUT2D eigenvalue weighted by Crippen LogP contribution is 2.14. The number of methoxy groups -OCH3 is 2. The number of hydrogen-bond acceptors (Lipinski definition) is 8. The van der Waals surface area contributed by atoms with E-state index in [9.17, 15) is 29.4 Å². The van der Waals surface area contributed by atoms with Gasteiger partial charge in [-0.2, -0.15) is 0 Å². The van der Waals surface area contributed by atoms with Crippen LogP contribution in [0.15, 0.2) is 48.5 Å². The third-order valence-electron chi connectivity index (χ3n) is 4.98. The summed E-state index contributed by atoms with van der Waals surface area (Å²) >= 11 is 0. The Labute approximate surface area is 210 Å². The Morgan fingerprint density at radius 1 is 0.722 bits per heavy atom. The second-order valence-electron chi connectivity index (χ2n) is 7.74. The molecule has 36 heavy (non-hydrogen) atoms. The molecule has 4 N–H and O–H groups in total. The molecule has 0 saturated carbocycles. The third-order valence-corrected chi connectivity index (χ3v) is 4.98. The lowest BCUT2D eigenvalue weighted by Crippen LogP contribution is -2.42. The van der Waals surface area contributed by atoms with Gasteiger partial charge in [-0.1, -0.05) is 38.1 Å². The number of esters is 2. The Hall–Kier alpha value is -4.08. The van der Waals surface area contributed by atoms with Crippen molar-refractivity contribution in [2.45, 2.75) is 51.6 Å². The number of phenolic OH excluding ortho intramolecular Hbond substituents is 2. The van der Waals surface area contributed by atoms with Crippen molar-refractivity contribution in [3.63, 3.8) is 0 Å². The normalized spacial score (nSPS) is 11.7. The van der Waals surface area contributed by atoms with Gasteiger partial charge >= 0.3 is 11.9 Å². The predicted molar refractivity (Wildman–Crippen MR) is 132 cm³/mol. The predicted octanol–water partition coefficient (Wildman–Crippen LogP) is 2.00. The molecule has 0 bridgehead atoms. The molecule has 10 nitrogen and oxygen atoms in total. The van der Waals surface area contributed by atoms with Crippen LogP contribution in [0.3, 0.4) is 0 Å². The van der Waals surface area contributed by atoms with E-state index in [2.05, 4.69) is 20.1 Å². The molecule has 0 aliphatic heterocycles. The average Bonchev–Trinajstić information content (AvgIpc) is 2.87. The molecular formula is C26H34N2O8. The number of hydrogen-bond donors (Lipinski definition) is 4. The van der Waals surface area contributed by atoms with Gasteiger partial charge in [-0.05, 0) is 35.4 Å². The number of rotatable bonds is 10. The Balaban J connectivity index is 0.000000360. The van der Waals surface area contributed by atoms with E-state index in [-0.39, 0.29) is 36.2 Å². The first-order chi connectivity index (χ1) is 17.1. The molecule has 0 saturated heterocycles. The molecule has 0 aromatic heterocycles. The molecule has 2 rings (SSSR count). The van der Waals surface area contributed by atoms with Crippen molar-refractivity contribution in [2.24, 2.45) is 0 Å². The van der Waals surface area contributed by atoms with E-state index in [1.54, 1.807) is 62.4 Å². The van der Waals surface area contributed by atoms with Gasteiger partial charge in [-0.15, -0.1) is 0 Å². The second kappa shape index (κ2) is 15.8. The van der Waals surface area contributed by atoms with Crippen LogP contribution < -0.4 is 10.6 Å². The number of amides is 2. The summed E-state index contributed by atoms with van der Waals surface area (Å²) in [5.41, 5.74) is 1.50. The van der Waals surface area contributed by atoms with Gasteiger partial charge in [0.2, 0.25) is 11.8 Å². The number of benzene rings is 2. The number of ether oxygens (including phenoxy) is 2. The van der Waals surface area contributed by atoms with Crippen molar-refractivity contribution in [1.82, 2.24) is 10.6 Å². The quantitative estimate of drug-likeness (QED) is 0.360. The molecule has 2 atom stereocenters. The van der Waals surface area contributed by atoms with Crippen LogP contribution in [0.4, 0.5) is 0 Å². The first kappa shape index (κ1) is 30.0.